The van der Waals surface area contributed by atoms with Crippen molar-refractivity contribution in [1.29, 1.82) is 0 Å². The average Bonchev–Trinajstić information content (AvgIpc) is 2.27. The van der Waals surface area contributed by atoms with E-state index in [4.69, 9.17) is 5.11 Å². The van der Waals surface area contributed by atoms with E-state index < -0.39 is 19.0 Å². The molecule has 0 fully saturated rings. The number of aryl methyl sites for hydroxylation is 1. The van der Waals surface area contributed by atoms with Crippen LogP contribution < -0.4 is 4.74 Å². The molecule has 1 N–H and O–H groups in total. The fourth-order valence-corrected chi connectivity index (χ4v) is 1.08. The van der Waals surface area contributed by atoms with E-state index in [0.29, 0.717) is 11.3 Å². The number of ether oxygens (including phenoxy) is 1. The van der Waals surface area contributed by atoms with E-state index in [-0.39, 0.29) is 12.4 Å². The fraction of sp³-hybridized carbons (Fsp3) is 0.500. The molecule has 0 unspecified atom stereocenters. The number of aromatic nitrogens is 1. The Hall–Kier alpha value is -1.37. The summed E-state index contributed by atoms with van der Waals surface area (Å²) < 4.78 is 53.4. The van der Waals surface area contributed by atoms with Gasteiger partial charge in [-0.15, -0.1) is 0 Å². The van der Waals surface area contributed by atoms with Gasteiger partial charge in [0.1, 0.15) is 5.75 Å². The van der Waals surface area contributed by atoms with Gasteiger partial charge in [0.15, 0.2) is 6.61 Å². The minimum atomic E-state index is -4.19. The van der Waals surface area contributed by atoms with Gasteiger partial charge in [0.2, 0.25) is 0 Å². The highest BCUT2D eigenvalue weighted by Crippen LogP contribution is 2.25. The van der Waals surface area contributed by atoms with Crippen LogP contribution in [0, 0.1) is 6.92 Å². The van der Waals surface area contributed by atoms with Gasteiger partial charge >= 0.3 is 12.3 Å². The highest BCUT2D eigenvalue weighted by molar-refractivity contribution is 5.31. The molecule has 1 aromatic rings. The van der Waals surface area contributed by atoms with Gasteiger partial charge in [-0.2, -0.15) is 8.78 Å². The van der Waals surface area contributed by atoms with Crippen molar-refractivity contribution < 1.29 is 27.4 Å². The summed E-state index contributed by atoms with van der Waals surface area (Å²) in [6.45, 7) is -0.170. The van der Waals surface area contributed by atoms with Gasteiger partial charge in [-0.05, 0) is 18.6 Å². The van der Waals surface area contributed by atoms with Gasteiger partial charge in [0.25, 0.3) is 0 Å². The molecule has 0 aliphatic carbocycles. The van der Waals surface area contributed by atoms with E-state index >= 15 is 0 Å². The van der Waals surface area contributed by atoms with Crippen molar-refractivity contribution in [3.8, 4) is 5.75 Å². The summed E-state index contributed by atoms with van der Waals surface area (Å²) in [4.78, 5) is 3.70. The third kappa shape index (κ3) is 3.55. The summed E-state index contributed by atoms with van der Waals surface area (Å²) in [7, 11) is 0. The van der Waals surface area contributed by atoms with Crippen LogP contribution in [-0.2, 0) is 6.61 Å². The van der Waals surface area contributed by atoms with E-state index in [1.807, 2.05) is 0 Å². The average molecular weight is 253 g/mol. The van der Waals surface area contributed by atoms with Gasteiger partial charge in [-0.3, -0.25) is 4.98 Å². The number of nitrogens with zero attached hydrogens (tertiary/aromatic N) is 1. The van der Waals surface area contributed by atoms with E-state index in [9.17, 15) is 17.6 Å². The lowest BCUT2D eigenvalue weighted by Crippen LogP contribution is -2.33. The second kappa shape index (κ2) is 5.31. The molecule has 0 aromatic carbocycles. The number of alkyl halides is 4. The van der Waals surface area contributed by atoms with Gasteiger partial charge in [-0.25, -0.2) is 8.78 Å². The Morgan fingerprint density at radius 2 is 2.12 bits per heavy atom. The normalized spacial score (nSPS) is 11.9. The Balaban J connectivity index is 2.70. The molecule has 0 spiro atoms. The maximum atomic E-state index is 12.6. The smallest absolute Gasteiger partial charge is 0.340 e. The lowest BCUT2D eigenvalue weighted by atomic mass is 10.2. The van der Waals surface area contributed by atoms with Gasteiger partial charge in [0, 0.05) is 0 Å². The predicted octanol–water partition coefficient (Wildman–Crippen LogP) is 2.16. The van der Waals surface area contributed by atoms with Crippen molar-refractivity contribution >= 4 is 0 Å². The minimum Gasteiger partial charge on any atom is -0.485 e. The molecule has 0 bridgehead atoms. The summed E-state index contributed by atoms with van der Waals surface area (Å²) >= 11 is 0. The van der Waals surface area contributed by atoms with Crippen molar-refractivity contribution in [2.24, 2.45) is 0 Å². The Kier molecular flexibility index (Phi) is 4.28. The Labute approximate surface area is 95.0 Å². The monoisotopic (exact) mass is 253 g/mol. The number of rotatable bonds is 5. The molecule has 0 aliphatic heterocycles. The zero-order valence-corrected chi connectivity index (χ0v) is 8.96. The van der Waals surface area contributed by atoms with Gasteiger partial charge in [-0.1, -0.05) is 0 Å². The number of halogens is 4. The molecular formula is C10H11F4NO2. The zero-order valence-electron chi connectivity index (χ0n) is 8.96. The summed E-state index contributed by atoms with van der Waals surface area (Å²) in [5.41, 5.74) is 0.782. The Morgan fingerprint density at radius 1 is 1.47 bits per heavy atom. The van der Waals surface area contributed by atoms with Crippen molar-refractivity contribution in [1.82, 2.24) is 4.98 Å². The van der Waals surface area contributed by atoms with E-state index in [1.54, 1.807) is 0 Å². The lowest BCUT2D eigenvalue weighted by Gasteiger charge is -2.16. The van der Waals surface area contributed by atoms with E-state index in [1.165, 1.54) is 13.0 Å². The summed E-state index contributed by atoms with van der Waals surface area (Å²) in [6, 6.07) is 1.43. The first-order valence-electron chi connectivity index (χ1n) is 4.72. The maximum Gasteiger partial charge on any atom is 0.340 e. The van der Waals surface area contributed by atoms with Crippen LogP contribution in [0.2, 0.25) is 0 Å². The molecule has 0 amide bonds. The highest BCUT2D eigenvalue weighted by Gasteiger charge is 2.41. The SMILES string of the molecule is Cc1cc(CO)ncc1OCC(F)(F)C(F)F. The number of aliphatic hydroxyl groups is 1. The van der Waals surface area contributed by atoms with Crippen molar-refractivity contribution in [3.05, 3.63) is 23.5 Å². The van der Waals surface area contributed by atoms with Crippen LogP contribution in [0.25, 0.3) is 0 Å². The van der Waals surface area contributed by atoms with E-state index in [2.05, 4.69) is 9.72 Å². The number of hydrogen-bond acceptors (Lipinski definition) is 3. The molecule has 1 heterocycles. The number of aliphatic hydroxyl groups excluding tert-OH is 1. The second-order valence-electron chi connectivity index (χ2n) is 3.45. The minimum absolute atomic E-state index is 0.0116. The summed E-state index contributed by atoms with van der Waals surface area (Å²) in [5.74, 6) is -4.20. The highest BCUT2D eigenvalue weighted by atomic mass is 19.3. The van der Waals surface area contributed by atoms with Gasteiger partial charge in [0.05, 0.1) is 18.5 Å². The van der Waals surface area contributed by atoms with E-state index in [0.717, 1.165) is 6.20 Å². The molecule has 0 saturated carbocycles. The maximum absolute atomic E-state index is 12.6. The molecule has 0 saturated heterocycles. The molecule has 0 radical (unpaired) electrons. The standard InChI is InChI=1S/C10H11F4NO2/c1-6-2-7(4-16)15-3-8(6)17-5-10(13,14)9(11)12/h2-3,9,16H,4-5H2,1H3. The zero-order chi connectivity index (χ0) is 13.1. The largest absolute Gasteiger partial charge is 0.485 e. The van der Waals surface area contributed by atoms with Crippen LogP contribution >= 0.6 is 0 Å². The van der Waals surface area contributed by atoms with Crippen LogP contribution in [0.5, 0.6) is 5.75 Å². The first-order valence-corrected chi connectivity index (χ1v) is 4.72. The molecule has 96 valence electrons. The van der Waals surface area contributed by atoms with Crippen molar-refractivity contribution in [2.45, 2.75) is 25.9 Å². The van der Waals surface area contributed by atoms with Crippen LogP contribution in [0.4, 0.5) is 17.6 Å². The van der Waals surface area contributed by atoms with Crippen LogP contribution in [0.1, 0.15) is 11.3 Å². The van der Waals surface area contributed by atoms with Crippen molar-refractivity contribution in [2.75, 3.05) is 6.61 Å². The second-order valence-corrected chi connectivity index (χ2v) is 3.45. The van der Waals surface area contributed by atoms with Crippen LogP contribution in [-0.4, -0.2) is 29.0 Å². The fourth-order valence-electron chi connectivity index (χ4n) is 1.08. The summed E-state index contributed by atoms with van der Waals surface area (Å²) in [5, 5.41) is 8.76. The van der Waals surface area contributed by atoms with Crippen LogP contribution in [0.15, 0.2) is 12.3 Å². The van der Waals surface area contributed by atoms with Crippen LogP contribution in [0.3, 0.4) is 0 Å². The molecule has 7 heteroatoms. The molecular weight excluding hydrogens is 242 g/mol. The topological polar surface area (TPSA) is 42.4 Å². The number of hydrogen-bond donors (Lipinski definition) is 1. The number of pyridine rings is 1. The first-order chi connectivity index (χ1) is 7.86. The molecule has 1 aromatic heterocycles. The lowest BCUT2D eigenvalue weighted by molar-refractivity contribution is -0.148. The third-order valence-corrected chi connectivity index (χ3v) is 2.02. The molecule has 17 heavy (non-hydrogen) atoms. The summed E-state index contributed by atoms with van der Waals surface area (Å²) in [6.07, 6.45) is -2.66. The molecule has 1 rings (SSSR count). The Morgan fingerprint density at radius 3 is 2.59 bits per heavy atom. The quantitative estimate of drug-likeness (QED) is 0.818. The van der Waals surface area contributed by atoms with Gasteiger partial charge < -0.3 is 9.84 Å². The molecule has 3 nitrogen and oxygen atoms in total. The van der Waals surface area contributed by atoms with Crippen molar-refractivity contribution in [3.63, 3.8) is 0 Å². The molecule has 0 atom stereocenters. The first kappa shape index (κ1) is 13.7. The molecule has 0 aliphatic rings. The predicted molar refractivity (Wildman–Crippen MR) is 51.3 cm³/mol. The third-order valence-electron chi connectivity index (χ3n) is 2.02. The Bertz CT molecular complexity index is 385.